The second-order valence-corrected chi connectivity index (χ2v) is 4.26. The first-order chi connectivity index (χ1) is 8.38. The average Bonchev–Trinajstić information content (AvgIpc) is 2.37. The van der Waals surface area contributed by atoms with Gasteiger partial charge in [-0.15, -0.1) is 0 Å². The number of aliphatic hydroxyl groups excluding tert-OH is 7. The fraction of sp³-hybridized carbons (Fsp3) is 1.00. The Kier molecular flexibility index (Phi) is 8.57. The third-order valence-corrected chi connectivity index (χ3v) is 2.85. The molecule has 110 valence electrons. The maximum Gasteiger partial charge on any atom is 0.111 e. The molecule has 0 aliphatic carbocycles. The Morgan fingerprint density at radius 1 is 0.778 bits per heavy atom. The summed E-state index contributed by atoms with van der Waals surface area (Å²) < 4.78 is 0. The van der Waals surface area contributed by atoms with E-state index < -0.39 is 37.1 Å². The molecule has 7 N–H and O–H groups in total. The molecule has 0 aromatic carbocycles. The van der Waals surface area contributed by atoms with E-state index in [9.17, 15) is 15.3 Å². The third-order valence-electron chi connectivity index (χ3n) is 2.85. The van der Waals surface area contributed by atoms with E-state index in [4.69, 9.17) is 20.4 Å². The lowest BCUT2D eigenvalue weighted by Crippen LogP contribution is -2.51. The van der Waals surface area contributed by atoms with E-state index in [1.54, 1.807) is 0 Å². The summed E-state index contributed by atoms with van der Waals surface area (Å²) in [5.41, 5.74) is 0. The summed E-state index contributed by atoms with van der Waals surface area (Å²) in [5.74, 6) is 0. The van der Waals surface area contributed by atoms with Crippen molar-refractivity contribution in [1.29, 1.82) is 0 Å². The normalized spacial score (nSPS) is 19.0. The van der Waals surface area contributed by atoms with Gasteiger partial charge in [0.05, 0.1) is 32.0 Å². The lowest BCUT2D eigenvalue weighted by Gasteiger charge is -2.31. The van der Waals surface area contributed by atoms with Crippen LogP contribution in [0, 0.1) is 0 Å². The van der Waals surface area contributed by atoms with Gasteiger partial charge >= 0.3 is 0 Å². The van der Waals surface area contributed by atoms with E-state index >= 15 is 0 Å². The van der Waals surface area contributed by atoms with Gasteiger partial charge in [-0.1, -0.05) is 0 Å². The predicted molar refractivity (Wildman–Crippen MR) is 61.7 cm³/mol. The van der Waals surface area contributed by atoms with Crippen LogP contribution in [0.2, 0.25) is 0 Å². The van der Waals surface area contributed by atoms with Crippen molar-refractivity contribution >= 4 is 0 Å². The van der Waals surface area contributed by atoms with Crippen molar-refractivity contribution in [1.82, 2.24) is 4.90 Å². The number of hydrogen-bond donors (Lipinski definition) is 7. The summed E-state index contributed by atoms with van der Waals surface area (Å²) in [5, 5.41) is 64.1. The van der Waals surface area contributed by atoms with Crippen LogP contribution in [0.5, 0.6) is 0 Å². The van der Waals surface area contributed by atoms with E-state index in [-0.39, 0.29) is 19.8 Å². The molecule has 0 spiro atoms. The Labute approximate surface area is 105 Å². The minimum atomic E-state index is -1.68. The SMILES string of the molecule is CN(CC(O)C(O)C(O)C(O)CO)C(CO)CO. The number of likely N-dealkylation sites (N-methyl/N-ethyl adjacent to an activating group) is 1. The summed E-state index contributed by atoms with van der Waals surface area (Å²) in [7, 11) is 1.52. The highest BCUT2D eigenvalue weighted by Gasteiger charge is 2.31. The van der Waals surface area contributed by atoms with Gasteiger partial charge in [-0.25, -0.2) is 0 Å². The minimum absolute atomic E-state index is 0.123. The molecule has 0 bridgehead atoms. The fourth-order valence-corrected chi connectivity index (χ4v) is 1.45. The van der Waals surface area contributed by atoms with Gasteiger partial charge in [0, 0.05) is 6.54 Å². The summed E-state index contributed by atoms with van der Waals surface area (Å²) in [6.45, 7) is -1.51. The van der Waals surface area contributed by atoms with Crippen molar-refractivity contribution < 1.29 is 35.7 Å². The first kappa shape index (κ1) is 17.7. The van der Waals surface area contributed by atoms with Gasteiger partial charge < -0.3 is 35.7 Å². The molecule has 8 heteroatoms. The molecule has 18 heavy (non-hydrogen) atoms. The molecule has 0 rings (SSSR count). The smallest absolute Gasteiger partial charge is 0.111 e. The summed E-state index contributed by atoms with van der Waals surface area (Å²) in [4.78, 5) is 1.41. The van der Waals surface area contributed by atoms with E-state index in [1.165, 1.54) is 11.9 Å². The van der Waals surface area contributed by atoms with Crippen LogP contribution in [0.1, 0.15) is 0 Å². The van der Waals surface area contributed by atoms with Crippen LogP contribution in [0.25, 0.3) is 0 Å². The van der Waals surface area contributed by atoms with Crippen LogP contribution >= 0.6 is 0 Å². The van der Waals surface area contributed by atoms with Crippen LogP contribution in [0.4, 0.5) is 0 Å². The Bertz CT molecular complexity index is 214. The zero-order valence-corrected chi connectivity index (χ0v) is 10.3. The molecule has 0 aromatic rings. The molecule has 0 fully saturated rings. The van der Waals surface area contributed by atoms with Crippen molar-refractivity contribution in [3.63, 3.8) is 0 Å². The van der Waals surface area contributed by atoms with E-state index in [1.807, 2.05) is 0 Å². The van der Waals surface area contributed by atoms with E-state index in [2.05, 4.69) is 0 Å². The van der Waals surface area contributed by atoms with Crippen LogP contribution in [0.15, 0.2) is 0 Å². The maximum atomic E-state index is 9.64. The molecule has 8 nitrogen and oxygen atoms in total. The quantitative estimate of drug-likeness (QED) is 0.223. The average molecular weight is 269 g/mol. The molecule has 0 aromatic heterocycles. The number of nitrogens with zero attached hydrogens (tertiary/aromatic N) is 1. The van der Waals surface area contributed by atoms with E-state index in [0.717, 1.165) is 0 Å². The highest BCUT2D eigenvalue weighted by atomic mass is 16.4. The van der Waals surface area contributed by atoms with Crippen LogP contribution in [-0.2, 0) is 0 Å². The summed E-state index contributed by atoms with van der Waals surface area (Å²) >= 11 is 0. The maximum absolute atomic E-state index is 9.64. The van der Waals surface area contributed by atoms with Crippen LogP contribution < -0.4 is 0 Å². The molecule has 0 saturated carbocycles. The molecule has 0 heterocycles. The Morgan fingerprint density at radius 2 is 1.22 bits per heavy atom. The summed E-state index contributed by atoms with van der Waals surface area (Å²) in [6, 6.07) is -0.591. The van der Waals surface area contributed by atoms with Crippen LogP contribution in [-0.4, -0.2) is 105 Å². The molecule has 0 radical (unpaired) electrons. The molecule has 0 amide bonds. The lowest BCUT2D eigenvalue weighted by molar-refractivity contribution is -0.121. The highest BCUT2D eigenvalue weighted by Crippen LogP contribution is 2.07. The monoisotopic (exact) mass is 269 g/mol. The Hall–Kier alpha value is -0.320. The molecule has 0 aliphatic rings. The van der Waals surface area contributed by atoms with Crippen molar-refractivity contribution in [2.45, 2.75) is 30.5 Å². The number of hydrogen-bond acceptors (Lipinski definition) is 8. The summed E-state index contributed by atoms with van der Waals surface area (Å²) in [6.07, 6.45) is -6.27. The van der Waals surface area contributed by atoms with Crippen LogP contribution in [0.3, 0.4) is 0 Å². The highest BCUT2D eigenvalue weighted by molar-refractivity contribution is 4.83. The van der Waals surface area contributed by atoms with Crippen molar-refractivity contribution in [3.05, 3.63) is 0 Å². The largest absolute Gasteiger partial charge is 0.395 e. The van der Waals surface area contributed by atoms with Gasteiger partial charge in [-0.3, -0.25) is 4.90 Å². The van der Waals surface area contributed by atoms with Gasteiger partial charge in [0.15, 0.2) is 0 Å². The van der Waals surface area contributed by atoms with E-state index in [0.29, 0.717) is 0 Å². The Morgan fingerprint density at radius 3 is 1.61 bits per heavy atom. The van der Waals surface area contributed by atoms with Crippen molar-refractivity contribution in [3.8, 4) is 0 Å². The molecular formula is C10H23NO7. The predicted octanol–water partition coefficient (Wildman–Crippen LogP) is -4.29. The minimum Gasteiger partial charge on any atom is -0.395 e. The van der Waals surface area contributed by atoms with Gasteiger partial charge in [-0.05, 0) is 7.05 Å². The topological polar surface area (TPSA) is 145 Å². The molecule has 0 saturated heterocycles. The zero-order valence-electron chi connectivity index (χ0n) is 10.3. The van der Waals surface area contributed by atoms with Gasteiger partial charge in [0.2, 0.25) is 0 Å². The zero-order chi connectivity index (χ0) is 14.3. The van der Waals surface area contributed by atoms with Crippen molar-refractivity contribution in [2.75, 3.05) is 33.4 Å². The van der Waals surface area contributed by atoms with Gasteiger partial charge in [0.1, 0.15) is 18.3 Å². The Balaban J connectivity index is 4.34. The molecule has 0 aliphatic heterocycles. The van der Waals surface area contributed by atoms with Gasteiger partial charge in [0.25, 0.3) is 0 Å². The first-order valence-corrected chi connectivity index (χ1v) is 5.64. The lowest BCUT2D eigenvalue weighted by atomic mass is 10.0. The van der Waals surface area contributed by atoms with Crippen molar-refractivity contribution in [2.24, 2.45) is 0 Å². The first-order valence-electron chi connectivity index (χ1n) is 5.64. The molecule has 4 unspecified atom stereocenters. The second-order valence-electron chi connectivity index (χ2n) is 4.26. The second kappa shape index (κ2) is 8.73. The number of aliphatic hydroxyl groups is 7. The third kappa shape index (κ3) is 5.12. The molecular weight excluding hydrogens is 246 g/mol. The fourth-order valence-electron chi connectivity index (χ4n) is 1.45. The standard InChI is InChI=1S/C10H23NO7/c1-11(6(3-12)4-13)2-7(15)9(17)10(18)8(16)5-14/h6-10,12-18H,2-5H2,1H3. The number of rotatable bonds is 9. The van der Waals surface area contributed by atoms with Gasteiger partial charge in [-0.2, -0.15) is 0 Å². The molecule has 4 atom stereocenters.